The van der Waals surface area contributed by atoms with Crippen LogP contribution in [0.4, 0.5) is 26.3 Å². The molecule has 0 atom stereocenters. The molecule has 0 radical (unpaired) electrons. The zero-order chi connectivity index (χ0) is 15.3. The van der Waals surface area contributed by atoms with Crippen LogP contribution in [0, 0.1) is 34.9 Å². The fourth-order valence-corrected chi connectivity index (χ4v) is 2.18. The van der Waals surface area contributed by atoms with Crippen molar-refractivity contribution in [1.29, 1.82) is 0 Å². The molecule has 0 bridgehead atoms. The first-order valence-electron chi connectivity index (χ1n) is 5.71. The minimum Gasteiger partial charge on any atom is -0.359 e. The summed E-state index contributed by atoms with van der Waals surface area (Å²) >= 11 is 0. The smallest absolute Gasteiger partial charge is 0.200 e. The van der Waals surface area contributed by atoms with Crippen molar-refractivity contribution in [2.45, 2.75) is 0 Å². The highest BCUT2D eigenvalue weighted by molar-refractivity contribution is 5.95. The van der Waals surface area contributed by atoms with Gasteiger partial charge in [0, 0.05) is 11.6 Å². The van der Waals surface area contributed by atoms with Crippen LogP contribution in [0.1, 0.15) is 0 Å². The van der Waals surface area contributed by atoms with E-state index in [1.165, 1.54) is 12.3 Å². The number of nitrogens with one attached hydrogen (secondary N) is 1. The molecule has 2 aromatic carbocycles. The van der Waals surface area contributed by atoms with E-state index in [4.69, 9.17) is 0 Å². The lowest BCUT2D eigenvalue weighted by Gasteiger charge is -2.10. The highest BCUT2D eigenvalue weighted by atomic mass is 19.2. The highest BCUT2D eigenvalue weighted by Gasteiger charge is 2.27. The van der Waals surface area contributed by atoms with Gasteiger partial charge in [-0.3, -0.25) is 0 Å². The van der Waals surface area contributed by atoms with E-state index in [-0.39, 0.29) is 16.5 Å². The lowest BCUT2D eigenvalue weighted by molar-refractivity contribution is 0.381. The van der Waals surface area contributed by atoms with E-state index < -0.39 is 40.5 Å². The summed E-state index contributed by atoms with van der Waals surface area (Å²) in [4.78, 5) is 2.50. The van der Waals surface area contributed by atoms with Crippen molar-refractivity contribution in [2.24, 2.45) is 0 Å². The summed E-state index contributed by atoms with van der Waals surface area (Å²) in [5.41, 5.74) is -1.46. The molecular formula is C14H5F6N. The maximum atomic E-state index is 13.8. The second-order valence-electron chi connectivity index (χ2n) is 4.31. The first kappa shape index (κ1) is 13.5. The largest absolute Gasteiger partial charge is 0.359 e. The summed E-state index contributed by atoms with van der Waals surface area (Å²) in [6.45, 7) is 0. The van der Waals surface area contributed by atoms with Crippen LogP contribution in [0.3, 0.4) is 0 Å². The van der Waals surface area contributed by atoms with Gasteiger partial charge in [-0.05, 0) is 17.7 Å². The van der Waals surface area contributed by atoms with Gasteiger partial charge >= 0.3 is 0 Å². The Labute approximate surface area is 113 Å². The normalized spacial score (nSPS) is 11.3. The molecule has 0 saturated heterocycles. The monoisotopic (exact) mass is 301 g/mol. The molecule has 108 valence electrons. The molecule has 3 aromatic rings. The molecule has 0 aliphatic heterocycles. The van der Waals surface area contributed by atoms with Crippen LogP contribution in [0.15, 0.2) is 24.4 Å². The molecule has 0 saturated carbocycles. The molecule has 0 amide bonds. The van der Waals surface area contributed by atoms with Gasteiger partial charge < -0.3 is 4.98 Å². The summed E-state index contributed by atoms with van der Waals surface area (Å²) in [5.74, 6) is -10.9. The Balaban J connectivity index is 2.44. The fraction of sp³-hybridized carbons (Fsp3) is 0. The van der Waals surface area contributed by atoms with Gasteiger partial charge in [-0.25, -0.2) is 26.3 Å². The van der Waals surface area contributed by atoms with Crippen LogP contribution >= 0.6 is 0 Å². The Morgan fingerprint density at radius 2 is 1.24 bits per heavy atom. The number of H-pyrrole nitrogens is 1. The van der Waals surface area contributed by atoms with Crippen molar-refractivity contribution in [2.75, 3.05) is 0 Å². The molecule has 0 unspecified atom stereocenters. The van der Waals surface area contributed by atoms with Crippen molar-refractivity contribution in [3.63, 3.8) is 0 Å². The third kappa shape index (κ3) is 1.80. The minimum atomic E-state index is -2.24. The molecule has 7 heteroatoms. The predicted molar refractivity (Wildman–Crippen MR) is 63.5 cm³/mol. The number of hydrogen-bond acceptors (Lipinski definition) is 0. The van der Waals surface area contributed by atoms with E-state index in [1.807, 2.05) is 0 Å². The second-order valence-corrected chi connectivity index (χ2v) is 4.31. The van der Waals surface area contributed by atoms with Crippen LogP contribution in [-0.2, 0) is 0 Å². The summed E-state index contributed by atoms with van der Waals surface area (Å²) in [6.07, 6.45) is 1.29. The third-order valence-electron chi connectivity index (χ3n) is 3.15. The number of rotatable bonds is 1. The van der Waals surface area contributed by atoms with E-state index in [2.05, 4.69) is 4.98 Å². The molecular weight excluding hydrogens is 296 g/mol. The topological polar surface area (TPSA) is 15.8 Å². The molecule has 3 rings (SSSR count). The number of aromatic amines is 1. The van der Waals surface area contributed by atoms with Crippen molar-refractivity contribution >= 4 is 10.9 Å². The van der Waals surface area contributed by atoms with Gasteiger partial charge in [-0.15, -0.1) is 0 Å². The van der Waals surface area contributed by atoms with Gasteiger partial charge in [-0.2, -0.15) is 0 Å². The highest BCUT2D eigenvalue weighted by Crippen LogP contribution is 2.36. The van der Waals surface area contributed by atoms with Gasteiger partial charge in [0.05, 0.1) is 11.1 Å². The summed E-state index contributed by atoms with van der Waals surface area (Å²) in [5, 5.41) is 0.0122. The molecule has 1 N–H and O–H groups in total. The lowest BCUT2D eigenvalue weighted by atomic mass is 9.99. The van der Waals surface area contributed by atoms with Crippen molar-refractivity contribution in [1.82, 2.24) is 4.98 Å². The maximum absolute atomic E-state index is 13.8. The first-order valence-corrected chi connectivity index (χ1v) is 5.71. The quantitative estimate of drug-likeness (QED) is 0.382. The number of halogens is 6. The molecule has 21 heavy (non-hydrogen) atoms. The maximum Gasteiger partial charge on any atom is 0.200 e. The van der Waals surface area contributed by atoms with Gasteiger partial charge in [0.1, 0.15) is 5.82 Å². The van der Waals surface area contributed by atoms with Crippen LogP contribution in [0.5, 0.6) is 0 Å². The Bertz CT molecular complexity index is 839. The average Bonchev–Trinajstić information content (AvgIpc) is 2.96. The number of hydrogen-bond donors (Lipinski definition) is 1. The van der Waals surface area contributed by atoms with Gasteiger partial charge in [-0.1, -0.05) is 6.07 Å². The van der Waals surface area contributed by atoms with Crippen LogP contribution in [-0.4, -0.2) is 4.98 Å². The molecule has 0 spiro atoms. The number of aromatic nitrogens is 1. The molecule has 0 aliphatic rings. The van der Waals surface area contributed by atoms with Gasteiger partial charge in [0.2, 0.25) is 5.82 Å². The molecule has 0 fully saturated rings. The Hall–Kier alpha value is -2.44. The zero-order valence-electron chi connectivity index (χ0n) is 10.1. The number of benzene rings is 2. The van der Waals surface area contributed by atoms with Crippen molar-refractivity contribution in [3.05, 3.63) is 59.3 Å². The average molecular weight is 301 g/mol. The van der Waals surface area contributed by atoms with Gasteiger partial charge in [0.15, 0.2) is 23.3 Å². The van der Waals surface area contributed by atoms with E-state index in [9.17, 15) is 26.3 Å². The fourth-order valence-electron chi connectivity index (χ4n) is 2.18. The summed E-state index contributed by atoms with van der Waals surface area (Å²) in [7, 11) is 0. The zero-order valence-corrected chi connectivity index (χ0v) is 10.1. The van der Waals surface area contributed by atoms with E-state index in [1.54, 1.807) is 0 Å². The van der Waals surface area contributed by atoms with Gasteiger partial charge in [0.25, 0.3) is 0 Å². The van der Waals surface area contributed by atoms with Crippen LogP contribution < -0.4 is 0 Å². The second kappa shape index (κ2) is 4.54. The Morgan fingerprint density at radius 1 is 0.667 bits per heavy atom. The standard InChI is InChI=1S/C14H5F6N/c15-7-2-1-5(6-3-4-21-14(6)7)8-9(16)11(18)13(20)12(19)10(8)17/h1-4,21H. The van der Waals surface area contributed by atoms with Crippen molar-refractivity contribution < 1.29 is 26.3 Å². The SMILES string of the molecule is Fc1c(F)c(F)c(-c2ccc(F)c3[nH]ccc23)c(F)c1F. The molecule has 1 heterocycles. The molecule has 1 aromatic heterocycles. The summed E-state index contributed by atoms with van der Waals surface area (Å²) in [6, 6.07) is 3.13. The van der Waals surface area contributed by atoms with Crippen molar-refractivity contribution in [3.8, 4) is 11.1 Å². The third-order valence-corrected chi connectivity index (χ3v) is 3.15. The Morgan fingerprint density at radius 3 is 1.86 bits per heavy atom. The first-order chi connectivity index (χ1) is 9.93. The van der Waals surface area contributed by atoms with Crippen LogP contribution in [0.2, 0.25) is 0 Å². The molecule has 1 nitrogen and oxygen atoms in total. The van der Waals surface area contributed by atoms with E-state index >= 15 is 0 Å². The van der Waals surface area contributed by atoms with E-state index in [0.717, 1.165) is 12.1 Å². The van der Waals surface area contributed by atoms with E-state index in [0.29, 0.717) is 0 Å². The minimum absolute atomic E-state index is 0.0122. The predicted octanol–water partition coefficient (Wildman–Crippen LogP) is 4.67. The Kier molecular flexibility index (Phi) is 2.93. The molecule has 0 aliphatic carbocycles. The number of fused-ring (bicyclic) bond motifs is 1. The summed E-state index contributed by atoms with van der Waals surface area (Å²) < 4.78 is 80.6. The lowest BCUT2D eigenvalue weighted by Crippen LogP contribution is -2.04. The van der Waals surface area contributed by atoms with Crippen LogP contribution in [0.25, 0.3) is 22.0 Å².